The molecule has 0 aromatic heterocycles. The van der Waals surface area contributed by atoms with Crippen LogP contribution >= 0.6 is 0 Å². The number of anilines is 1. The van der Waals surface area contributed by atoms with E-state index in [0.29, 0.717) is 13.0 Å². The van der Waals surface area contributed by atoms with Gasteiger partial charge in [0.1, 0.15) is 0 Å². The van der Waals surface area contributed by atoms with Gasteiger partial charge in [0.15, 0.2) is 0 Å². The van der Waals surface area contributed by atoms with Crippen molar-refractivity contribution in [2.24, 2.45) is 5.92 Å². The first kappa shape index (κ1) is 18.2. The molecular weight excluding hydrogens is 314 g/mol. The first-order valence-corrected chi connectivity index (χ1v) is 9.69. The summed E-state index contributed by atoms with van der Waals surface area (Å²) in [7, 11) is 0. The summed E-state index contributed by atoms with van der Waals surface area (Å²) in [4.78, 5) is 16.9. The molecule has 138 valence electrons. The van der Waals surface area contributed by atoms with E-state index in [1.165, 1.54) is 12.1 Å². The highest BCUT2D eigenvalue weighted by atomic mass is 16.3. The van der Waals surface area contributed by atoms with Gasteiger partial charge in [0, 0.05) is 57.3 Å². The summed E-state index contributed by atoms with van der Waals surface area (Å²) >= 11 is 0. The Labute approximate surface area is 151 Å². The monoisotopic (exact) mass is 345 g/mol. The standard InChI is InChI=1S/C20H31N3O2/c24-19-9-5-4-6-17(19)16-21-20(25)10-11-22-12-14-23(15-13-22)18-7-2-1-3-8-18/h1-3,7-8,17,19,24H,4-6,9-16H2,(H,21,25)/t17-,19+/m0/s1. The SMILES string of the molecule is O=C(CCN1CCN(c2ccccc2)CC1)NC[C@@H]1CCCC[C@H]1O. The number of para-hydroxylation sites is 1. The van der Waals surface area contributed by atoms with Crippen LogP contribution < -0.4 is 10.2 Å². The molecule has 2 fully saturated rings. The van der Waals surface area contributed by atoms with E-state index in [1.807, 2.05) is 6.07 Å². The summed E-state index contributed by atoms with van der Waals surface area (Å²) in [5.41, 5.74) is 1.28. The van der Waals surface area contributed by atoms with Crippen molar-refractivity contribution in [1.29, 1.82) is 0 Å². The topological polar surface area (TPSA) is 55.8 Å². The molecular formula is C20H31N3O2. The molecule has 0 radical (unpaired) electrons. The summed E-state index contributed by atoms with van der Waals surface area (Å²) in [6, 6.07) is 10.5. The van der Waals surface area contributed by atoms with Crippen LogP contribution in [0.4, 0.5) is 5.69 Å². The fourth-order valence-corrected chi connectivity index (χ4v) is 3.89. The molecule has 1 aromatic carbocycles. The van der Waals surface area contributed by atoms with Gasteiger partial charge in [-0.05, 0) is 25.0 Å². The molecule has 1 saturated carbocycles. The Hall–Kier alpha value is -1.59. The van der Waals surface area contributed by atoms with Gasteiger partial charge in [-0.15, -0.1) is 0 Å². The molecule has 1 aliphatic heterocycles. The second-order valence-electron chi connectivity index (χ2n) is 7.33. The molecule has 5 heteroatoms. The Bertz CT molecular complexity index is 529. The van der Waals surface area contributed by atoms with Crippen molar-refractivity contribution < 1.29 is 9.90 Å². The predicted octanol–water partition coefficient (Wildman–Crippen LogP) is 1.87. The zero-order chi connectivity index (χ0) is 17.5. The van der Waals surface area contributed by atoms with Crippen LogP contribution in [0.1, 0.15) is 32.1 Å². The van der Waals surface area contributed by atoms with E-state index in [-0.39, 0.29) is 17.9 Å². The highest BCUT2D eigenvalue weighted by molar-refractivity contribution is 5.76. The number of carbonyl (C=O) groups is 1. The van der Waals surface area contributed by atoms with Crippen molar-refractivity contribution in [3.63, 3.8) is 0 Å². The lowest BCUT2D eigenvalue weighted by molar-refractivity contribution is -0.121. The maximum atomic E-state index is 12.1. The molecule has 0 bridgehead atoms. The van der Waals surface area contributed by atoms with Crippen molar-refractivity contribution in [2.45, 2.75) is 38.2 Å². The molecule has 3 rings (SSSR count). The van der Waals surface area contributed by atoms with Crippen LogP contribution in [0.25, 0.3) is 0 Å². The van der Waals surface area contributed by atoms with Crippen molar-refractivity contribution in [3.05, 3.63) is 30.3 Å². The van der Waals surface area contributed by atoms with Crippen molar-refractivity contribution >= 4 is 11.6 Å². The number of amides is 1. The minimum atomic E-state index is -0.236. The highest BCUT2D eigenvalue weighted by Crippen LogP contribution is 2.23. The van der Waals surface area contributed by atoms with Gasteiger partial charge in [0.25, 0.3) is 0 Å². The highest BCUT2D eigenvalue weighted by Gasteiger charge is 2.23. The number of carbonyl (C=O) groups excluding carboxylic acids is 1. The molecule has 0 unspecified atom stereocenters. The average Bonchev–Trinajstić information content (AvgIpc) is 2.67. The van der Waals surface area contributed by atoms with Crippen LogP contribution in [-0.4, -0.2) is 61.3 Å². The number of hydrogen-bond donors (Lipinski definition) is 2. The molecule has 5 nitrogen and oxygen atoms in total. The van der Waals surface area contributed by atoms with Gasteiger partial charge < -0.3 is 15.3 Å². The molecule has 0 spiro atoms. The van der Waals surface area contributed by atoms with E-state index in [9.17, 15) is 9.90 Å². The molecule has 2 N–H and O–H groups in total. The normalized spacial score (nSPS) is 24.9. The molecule has 2 aliphatic rings. The van der Waals surface area contributed by atoms with Gasteiger partial charge >= 0.3 is 0 Å². The summed E-state index contributed by atoms with van der Waals surface area (Å²) in [6.45, 7) is 5.48. The number of hydrogen-bond acceptors (Lipinski definition) is 4. The molecule has 1 saturated heterocycles. The zero-order valence-corrected chi connectivity index (χ0v) is 15.1. The van der Waals surface area contributed by atoms with Gasteiger partial charge in [-0.25, -0.2) is 0 Å². The number of aliphatic hydroxyl groups excluding tert-OH is 1. The van der Waals surface area contributed by atoms with E-state index >= 15 is 0 Å². The van der Waals surface area contributed by atoms with Gasteiger partial charge in [0.2, 0.25) is 5.91 Å². The van der Waals surface area contributed by atoms with Crippen LogP contribution in [-0.2, 0) is 4.79 Å². The third-order valence-corrected chi connectivity index (χ3v) is 5.58. The first-order chi connectivity index (χ1) is 12.2. The Morgan fingerprint density at radius 1 is 1.08 bits per heavy atom. The summed E-state index contributed by atoms with van der Waals surface area (Å²) in [6.07, 6.45) is 4.51. The van der Waals surface area contributed by atoms with Crippen LogP contribution in [0.5, 0.6) is 0 Å². The molecule has 1 aliphatic carbocycles. The van der Waals surface area contributed by atoms with E-state index in [4.69, 9.17) is 0 Å². The lowest BCUT2D eigenvalue weighted by Gasteiger charge is -2.36. The number of nitrogens with zero attached hydrogens (tertiary/aromatic N) is 2. The number of nitrogens with one attached hydrogen (secondary N) is 1. The number of benzene rings is 1. The lowest BCUT2D eigenvalue weighted by atomic mass is 9.86. The Morgan fingerprint density at radius 3 is 2.52 bits per heavy atom. The second kappa shape index (κ2) is 9.20. The average molecular weight is 345 g/mol. The Balaban J connectivity index is 1.32. The van der Waals surface area contributed by atoms with Crippen LogP contribution in [0.3, 0.4) is 0 Å². The fraction of sp³-hybridized carbons (Fsp3) is 0.650. The van der Waals surface area contributed by atoms with Crippen molar-refractivity contribution in [1.82, 2.24) is 10.2 Å². The molecule has 2 atom stereocenters. The summed E-state index contributed by atoms with van der Waals surface area (Å²) in [5.74, 6) is 0.357. The first-order valence-electron chi connectivity index (χ1n) is 9.69. The second-order valence-corrected chi connectivity index (χ2v) is 7.33. The minimum absolute atomic E-state index is 0.114. The van der Waals surface area contributed by atoms with Gasteiger partial charge in [-0.2, -0.15) is 0 Å². The maximum absolute atomic E-state index is 12.1. The largest absolute Gasteiger partial charge is 0.393 e. The number of rotatable bonds is 6. The van der Waals surface area contributed by atoms with Gasteiger partial charge in [-0.1, -0.05) is 31.0 Å². The van der Waals surface area contributed by atoms with Crippen molar-refractivity contribution in [2.75, 3.05) is 44.2 Å². The van der Waals surface area contributed by atoms with Crippen molar-refractivity contribution in [3.8, 4) is 0 Å². The molecule has 25 heavy (non-hydrogen) atoms. The van der Waals surface area contributed by atoms with Gasteiger partial charge in [0.05, 0.1) is 6.10 Å². The lowest BCUT2D eigenvalue weighted by Crippen LogP contribution is -2.47. The minimum Gasteiger partial charge on any atom is -0.393 e. The predicted molar refractivity (Wildman–Crippen MR) is 101 cm³/mol. The fourth-order valence-electron chi connectivity index (χ4n) is 3.89. The van der Waals surface area contributed by atoms with E-state index in [0.717, 1.165) is 52.0 Å². The number of piperazine rings is 1. The Kier molecular flexibility index (Phi) is 6.70. The summed E-state index contributed by atoms with van der Waals surface area (Å²) < 4.78 is 0. The smallest absolute Gasteiger partial charge is 0.221 e. The Morgan fingerprint density at radius 2 is 1.80 bits per heavy atom. The molecule has 1 aromatic rings. The summed E-state index contributed by atoms with van der Waals surface area (Å²) in [5, 5.41) is 13.0. The number of aliphatic hydroxyl groups is 1. The van der Waals surface area contributed by atoms with Crippen LogP contribution in [0.2, 0.25) is 0 Å². The molecule has 1 amide bonds. The maximum Gasteiger partial charge on any atom is 0.221 e. The molecule has 1 heterocycles. The van der Waals surface area contributed by atoms with Gasteiger partial charge in [-0.3, -0.25) is 9.69 Å². The van der Waals surface area contributed by atoms with E-state index in [1.54, 1.807) is 0 Å². The quantitative estimate of drug-likeness (QED) is 0.826. The van der Waals surface area contributed by atoms with E-state index in [2.05, 4.69) is 39.4 Å². The van der Waals surface area contributed by atoms with Crippen LogP contribution in [0.15, 0.2) is 30.3 Å². The van der Waals surface area contributed by atoms with Crippen LogP contribution in [0, 0.1) is 5.92 Å². The zero-order valence-electron chi connectivity index (χ0n) is 15.1. The third-order valence-electron chi connectivity index (χ3n) is 5.58. The van der Waals surface area contributed by atoms with E-state index < -0.39 is 0 Å². The third kappa shape index (κ3) is 5.44.